The van der Waals surface area contributed by atoms with Gasteiger partial charge in [0.25, 0.3) is 0 Å². The Labute approximate surface area is 199 Å². The predicted octanol–water partition coefficient (Wildman–Crippen LogP) is 3.46. The van der Waals surface area contributed by atoms with Crippen LogP contribution in [0.3, 0.4) is 0 Å². The maximum atomic E-state index is 12.7. The molecule has 2 aromatic carbocycles. The summed E-state index contributed by atoms with van der Waals surface area (Å²) in [5, 5.41) is 0.590. The van der Waals surface area contributed by atoms with Crippen molar-refractivity contribution in [3.8, 4) is 5.75 Å². The van der Waals surface area contributed by atoms with Gasteiger partial charge in [0.2, 0.25) is 11.8 Å². The van der Waals surface area contributed by atoms with Gasteiger partial charge in [-0.2, -0.15) is 0 Å². The zero-order chi connectivity index (χ0) is 23.8. The van der Waals surface area contributed by atoms with Crippen LogP contribution in [0.1, 0.15) is 48.1 Å². The molecular weight excluding hydrogens is 442 g/mol. The molecule has 8 heteroatoms. The van der Waals surface area contributed by atoms with Gasteiger partial charge in [-0.3, -0.25) is 19.3 Å². The summed E-state index contributed by atoms with van der Waals surface area (Å²) in [7, 11) is 0. The first-order valence-corrected chi connectivity index (χ1v) is 11.6. The summed E-state index contributed by atoms with van der Waals surface area (Å²) in [5.74, 6) is 0.164. The summed E-state index contributed by atoms with van der Waals surface area (Å²) in [4.78, 5) is 40.9. The van der Waals surface area contributed by atoms with Crippen LogP contribution in [0.25, 0.3) is 0 Å². The molecule has 2 aromatic rings. The highest BCUT2D eigenvalue weighted by Crippen LogP contribution is 2.24. The Morgan fingerprint density at radius 2 is 1.61 bits per heavy atom. The number of ketones is 1. The standard InChI is InChI=1S/C25H30ClN3O4/c1-2-17-33-21-9-5-18(6-10-21)22(30)11-12-23(31)28-13-15-29(16-14-28)24(25(27)32)19-3-7-20(26)8-4-19/h3-10,24H,2,11-17H2,1H3,(H2,27,32)/t24-/m0/s1. The summed E-state index contributed by atoms with van der Waals surface area (Å²) in [5.41, 5.74) is 7.02. The molecule has 1 fully saturated rings. The van der Waals surface area contributed by atoms with E-state index in [0.717, 1.165) is 17.7 Å². The van der Waals surface area contributed by atoms with Crippen LogP contribution in [-0.2, 0) is 9.59 Å². The molecular formula is C25H30ClN3O4. The molecule has 1 saturated heterocycles. The summed E-state index contributed by atoms with van der Waals surface area (Å²) in [6, 6.07) is 13.5. The van der Waals surface area contributed by atoms with Gasteiger partial charge in [-0.25, -0.2) is 0 Å². The maximum absolute atomic E-state index is 12.7. The van der Waals surface area contributed by atoms with Gasteiger partial charge in [0.05, 0.1) is 6.61 Å². The fourth-order valence-corrected chi connectivity index (χ4v) is 4.04. The van der Waals surface area contributed by atoms with E-state index in [0.29, 0.717) is 43.4 Å². The second kappa shape index (κ2) is 11.8. The van der Waals surface area contributed by atoms with Crippen molar-refractivity contribution >= 4 is 29.2 Å². The topological polar surface area (TPSA) is 92.9 Å². The Kier molecular flexibility index (Phi) is 8.86. The van der Waals surface area contributed by atoms with E-state index >= 15 is 0 Å². The van der Waals surface area contributed by atoms with Crippen molar-refractivity contribution < 1.29 is 19.1 Å². The lowest BCUT2D eigenvalue weighted by Crippen LogP contribution is -2.51. The molecule has 0 saturated carbocycles. The van der Waals surface area contributed by atoms with Crippen molar-refractivity contribution in [3.63, 3.8) is 0 Å². The van der Waals surface area contributed by atoms with E-state index in [1.165, 1.54) is 0 Å². The van der Waals surface area contributed by atoms with Crippen LogP contribution in [0.5, 0.6) is 5.75 Å². The van der Waals surface area contributed by atoms with Gasteiger partial charge < -0.3 is 15.4 Å². The quantitative estimate of drug-likeness (QED) is 0.535. The molecule has 0 unspecified atom stereocenters. The maximum Gasteiger partial charge on any atom is 0.239 e. The Bertz CT molecular complexity index is 955. The van der Waals surface area contributed by atoms with Gasteiger partial charge in [-0.15, -0.1) is 0 Å². The monoisotopic (exact) mass is 471 g/mol. The van der Waals surface area contributed by atoms with Crippen molar-refractivity contribution in [2.45, 2.75) is 32.2 Å². The fourth-order valence-electron chi connectivity index (χ4n) is 3.91. The number of piperazine rings is 1. The normalized spacial score (nSPS) is 15.2. The highest BCUT2D eigenvalue weighted by atomic mass is 35.5. The van der Waals surface area contributed by atoms with E-state index in [1.54, 1.807) is 53.4 Å². The van der Waals surface area contributed by atoms with E-state index in [4.69, 9.17) is 22.1 Å². The molecule has 0 bridgehead atoms. The molecule has 0 spiro atoms. The largest absolute Gasteiger partial charge is 0.494 e. The number of hydrogen-bond acceptors (Lipinski definition) is 5. The molecule has 1 aliphatic rings. The second-order valence-electron chi connectivity index (χ2n) is 8.07. The summed E-state index contributed by atoms with van der Waals surface area (Å²) in [6.07, 6.45) is 1.23. The third kappa shape index (κ3) is 6.79. The molecule has 2 amide bonds. The van der Waals surface area contributed by atoms with Crippen LogP contribution in [0.15, 0.2) is 48.5 Å². The van der Waals surface area contributed by atoms with Gasteiger partial charge in [0.15, 0.2) is 5.78 Å². The summed E-state index contributed by atoms with van der Waals surface area (Å²) < 4.78 is 5.53. The predicted molar refractivity (Wildman–Crippen MR) is 127 cm³/mol. The highest BCUT2D eigenvalue weighted by molar-refractivity contribution is 6.30. The number of nitrogens with zero attached hydrogens (tertiary/aromatic N) is 2. The molecule has 0 aliphatic carbocycles. The lowest BCUT2D eigenvalue weighted by atomic mass is 10.0. The zero-order valence-electron chi connectivity index (χ0n) is 18.8. The van der Waals surface area contributed by atoms with Gasteiger partial charge in [-0.05, 0) is 48.4 Å². The number of hydrogen-bond donors (Lipinski definition) is 1. The number of nitrogens with two attached hydrogens (primary N) is 1. The molecule has 1 atom stereocenters. The van der Waals surface area contributed by atoms with Crippen LogP contribution in [0.2, 0.25) is 5.02 Å². The molecule has 3 rings (SSSR count). The van der Waals surface area contributed by atoms with Gasteiger partial charge in [0, 0.05) is 49.6 Å². The number of rotatable bonds is 10. The number of halogens is 1. The van der Waals surface area contributed by atoms with E-state index < -0.39 is 11.9 Å². The zero-order valence-corrected chi connectivity index (χ0v) is 19.6. The number of Topliss-reactive ketones (excluding diaryl/α,β-unsaturated/α-hetero) is 1. The minimum atomic E-state index is -0.564. The van der Waals surface area contributed by atoms with Gasteiger partial charge in [0.1, 0.15) is 11.8 Å². The Morgan fingerprint density at radius 3 is 2.18 bits per heavy atom. The first-order chi connectivity index (χ1) is 15.9. The number of primary amides is 1. The average Bonchev–Trinajstić information content (AvgIpc) is 2.83. The molecule has 2 N–H and O–H groups in total. The molecule has 1 aliphatic heterocycles. The molecule has 7 nitrogen and oxygen atoms in total. The summed E-state index contributed by atoms with van der Waals surface area (Å²) in [6.45, 7) is 4.67. The lowest BCUT2D eigenvalue weighted by Gasteiger charge is -2.38. The van der Waals surface area contributed by atoms with Crippen LogP contribution in [0.4, 0.5) is 0 Å². The highest BCUT2D eigenvalue weighted by Gasteiger charge is 2.30. The van der Waals surface area contributed by atoms with E-state index in [-0.39, 0.29) is 24.5 Å². The molecule has 1 heterocycles. The molecule has 0 aromatic heterocycles. The molecule has 176 valence electrons. The van der Waals surface area contributed by atoms with Crippen LogP contribution in [-0.4, -0.2) is 60.2 Å². The van der Waals surface area contributed by atoms with Crippen LogP contribution >= 0.6 is 11.6 Å². The van der Waals surface area contributed by atoms with Gasteiger partial charge >= 0.3 is 0 Å². The van der Waals surface area contributed by atoms with Crippen molar-refractivity contribution in [2.24, 2.45) is 5.73 Å². The minimum absolute atomic E-state index is 0.0620. The molecule has 0 radical (unpaired) electrons. The van der Waals surface area contributed by atoms with Crippen molar-refractivity contribution in [2.75, 3.05) is 32.8 Å². The number of carbonyl (C=O) groups excluding carboxylic acids is 3. The molecule has 33 heavy (non-hydrogen) atoms. The van der Waals surface area contributed by atoms with E-state index in [2.05, 4.69) is 0 Å². The first-order valence-electron chi connectivity index (χ1n) is 11.2. The minimum Gasteiger partial charge on any atom is -0.494 e. The van der Waals surface area contributed by atoms with Crippen molar-refractivity contribution in [1.29, 1.82) is 0 Å². The van der Waals surface area contributed by atoms with Gasteiger partial charge in [-0.1, -0.05) is 30.7 Å². The van der Waals surface area contributed by atoms with Crippen molar-refractivity contribution in [1.82, 2.24) is 9.80 Å². The Balaban J connectivity index is 1.49. The average molecular weight is 472 g/mol. The van der Waals surface area contributed by atoms with Crippen molar-refractivity contribution in [3.05, 3.63) is 64.7 Å². The van der Waals surface area contributed by atoms with E-state index in [1.807, 2.05) is 11.8 Å². The Morgan fingerprint density at radius 1 is 0.970 bits per heavy atom. The van der Waals surface area contributed by atoms with Crippen LogP contribution in [0, 0.1) is 0 Å². The second-order valence-corrected chi connectivity index (χ2v) is 8.51. The first kappa shape index (κ1) is 24.7. The Hall–Kier alpha value is -2.90. The number of amides is 2. The SMILES string of the molecule is CCCOc1ccc(C(=O)CCC(=O)N2CCN([C@H](C(N)=O)c3ccc(Cl)cc3)CC2)cc1. The smallest absolute Gasteiger partial charge is 0.239 e. The third-order valence-electron chi connectivity index (χ3n) is 5.70. The number of benzene rings is 2. The van der Waals surface area contributed by atoms with Crippen LogP contribution < -0.4 is 10.5 Å². The summed E-state index contributed by atoms with van der Waals surface area (Å²) >= 11 is 5.95. The fraction of sp³-hybridized carbons (Fsp3) is 0.400. The third-order valence-corrected chi connectivity index (χ3v) is 5.95. The number of carbonyl (C=O) groups is 3. The lowest BCUT2D eigenvalue weighted by molar-refractivity contribution is -0.134. The van der Waals surface area contributed by atoms with E-state index in [9.17, 15) is 14.4 Å². The number of ether oxygens (including phenoxy) is 1.